The van der Waals surface area contributed by atoms with Crippen LogP contribution in [0.2, 0.25) is 0 Å². The topological polar surface area (TPSA) is 96.7 Å². The number of urea groups is 1. The van der Waals surface area contributed by atoms with Crippen LogP contribution in [0.1, 0.15) is 46.9 Å². The number of nitriles is 1. The van der Waals surface area contributed by atoms with Crippen LogP contribution in [-0.4, -0.2) is 55.3 Å². The monoisotopic (exact) mass is 513 g/mol. The molecule has 1 heterocycles. The van der Waals surface area contributed by atoms with Gasteiger partial charge >= 0.3 is 12.2 Å². The van der Waals surface area contributed by atoms with Gasteiger partial charge in [0.1, 0.15) is 0 Å². The molecule has 37 heavy (non-hydrogen) atoms. The van der Waals surface area contributed by atoms with E-state index in [9.17, 15) is 32.8 Å². The minimum Gasteiger partial charge on any atom is -0.339 e. The van der Waals surface area contributed by atoms with Crippen molar-refractivity contribution in [1.29, 1.82) is 5.26 Å². The summed E-state index contributed by atoms with van der Waals surface area (Å²) in [6, 6.07) is 8.91. The molecule has 1 N–H and O–H groups in total. The normalized spacial score (nSPS) is 16.2. The molecule has 0 radical (unpaired) electrons. The van der Waals surface area contributed by atoms with Crippen LogP contribution in [0.5, 0.6) is 0 Å². The van der Waals surface area contributed by atoms with Gasteiger partial charge in [0, 0.05) is 23.9 Å². The van der Waals surface area contributed by atoms with Gasteiger partial charge in [-0.2, -0.15) is 18.4 Å². The third kappa shape index (κ3) is 5.49. The minimum absolute atomic E-state index is 0.0508. The summed E-state index contributed by atoms with van der Waals surface area (Å²) in [7, 11) is 4.91. The fourth-order valence-corrected chi connectivity index (χ4v) is 4.25. The Morgan fingerprint density at radius 2 is 1.84 bits per heavy atom. The second-order valence-electron chi connectivity index (χ2n) is 8.89. The van der Waals surface area contributed by atoms with Gasteiger partial charge in [-0.1, -0.05) is 12.1 Å². The molecule has 3 amide bonds. The number of nitrogens with one attached hydrogen (secondary N) is 1. The van der Waals surface area contributed by atoms with Gasteiger partial charge in [0.05, 0.1) is 35.6 Å². The number of alkyl halides is 3. The lowest BCUT2D eigenvalue weighted by molar-refractivity contribution is -0.137. The number of ketones is 1. The molecule has 0 saturated carbocycles. The average molecular weight is 514 g/mol. The molecule has 0 saturated heterocycles. The zero-order chi connectivity index (χ0) is 27.7. The molecule has 11 heteroatoms. The highest BCUT2D eigenvalue weighted by molar-refractivity contribution is 6.06. The number of carbonyl (C=O) groups is 3. The summed E-state index contributed by atoms with van der Waals surface area (Å²) in [4.78, 5) is 43.5. The van der Waals surface area contributed by atoms with Crippen LogP contribution in [0.3, 0.4) is 0 Å². The Balaban J connectivity index is 2.21. The Morgan fingerprint density at radius 1 is 1.16 bits per heavy atom. The van der Waals surface area contributed by atoms with E-state index in [0.717, 1.165) is 17.0 Å². The molecule has 0 aromatic heterocycles. The molecule has 1 atom stereocenters. The number of anilines is 1. The lowest BCUT2D eigenvalue weighted by atomic mass is 9.87. The number of benzene rings is 2. The summed E-state index contributed by atoms with van der Waals surface area (Å²) in [5, 5.41) is 12.1. The summed E-state index contributed by atoms with van der Waals surface area (Å²) in [6.07, 6.45) is -4.62. The second-order valence-corrected chi connectivity index (χ2v) is 8.89. The zero-order valence-electron chi connectivity index (χ0n) is 21.0. The van der Waals surface area contributed by atoms with Crippen molar-refractivity contribution in [2.24, 2.45) is 0 Å². The highest BCUT2D eigenvalue weighted by atomic mass is 19.4. The summed E-state index contributed by atoms with van der Waals surface area (Å²) >= 11 is 0. The van der Waals surface area contributed by atoms with Gasteiger partial charge in [-0.25, -0.2) is 4.79 Å². The highest BCUT2D eigenvalue weighted by Gasteiger charge is 2.41. The Bertz CT molecular complexity index is 1330. The Kier molecular flexibility index (Phi) is 7.74. The largest absolute Gasteiger partial charge is 0.416 e. The molecule has 2 aromatic rings. The summed E-state index contributed by atoms with van der Waals surface area (Å²) in [5.74, 6) is -0.939. The molecule has 1 unspecified atom stereocenters. The molecule has 0 fully saturated rings. The van der Waals surface area contributed by atoms with Crippen molar-refractivity contribution in [2.45, 2.75) is 26.1 Å². The second kappa shape index (κ2) is 10.4. The van der Waals surface area contributed by atoms with E-state index in [4.69, 9.17) is 0 Å². The van der Waals surface area contributed by atoms with Gasteiger partial charge in [-0.15, -0.1) is 0 Å². The van der Waals surface area contributed by atoms with Crippen LogP contribution in [0.4, 0.5) is 23.7 Å². The number of amides is 3. The molecule has 0 spiro atoms. The van der Waals surface area contributed by atoms with E-state index in [1.54, 1.807) is 19.0 Å². The minimum atomic E-state index is -4.62. The van der Waals surface area contributed by atoms with E-state index in [2.05, 4.69) is 5.32 Å². The smallest absolute Gasteiger partial charge is 0.339 e. The Hall–Kier alpha value is -4.17. The van der Waals surface area contributed by atoms with Gasteiger partial charge in [0.25, 0.3) is 5.91 Å². The van der Waals surface area contributed by atoms with Crippen molar-refractivity contribution in [3.8, 4) is 6.07 Å². The molecule has 2 aromatic carbocycles. The van der Waals surface area contributed by atoms with E-state index in [1.165, 1.54) is 56.1 Å². The predicted octanol–water partition coefficient (Wildman–Crippen LogP) is 4.30. The van der Waals surface area contributed by atoms with Crippen LogP contribution < -0.4 is 10.2 Å². The maximum Gasteiger partial charge on any atom is 0.416 e. The molecule has 1 aliphatic rings. The van der Waals surface area contributed by atoms with E-state index in [-0.39, 0.29) is 34.8 Å². The van der Waals surface area contributed by atoms with Gasteiger partial charge in [0.15, 0.2) is 5.78 Å². The molecule has 1 aliphatic heterocycles. The summed E-state index contributed by atoms with van der Waals surface area (Å²) in [6.45, 7) is 2.96. The first-order valence-corrected chi connectivity index (χ1v) is 11.2. The number of rotatable bonds is 6. The number of halogens is 3. The van der Waals surface area contributed by atoms with Crippen LogP contribution in [0.15, 0.2) is 53.7 Å². The van der Waals surface area contributed by atoms with Crippen LogP contribution in [0.25, 0.3) is 0 Å². The van der Waals surface area contributed by atoms with Gasteiger partial charge in [-0.3, -0.25) is 19.4 Å². The van der Waals surface area contributed by atoms with Crippen molar-refractivity contribution in [3.05, 3.63) is 76.0 Å². The maximum atomic E-state index is 13.5. The van der Waals surface area contributed by atoms with Crippen molar-refractivity contribution >= 4 is 23.4 Å². The van der Waals surface area contributed by atoms with Gasteiger partial charge in [0.2, 0.25) is 0 Å². The van der Waals surface area contributed by atoms with Crippen LogP contribution >= 0.6 is 0 Å². The Labute approximate surface area is 212 Å². The zero-order valence-corrected chi connectivity index (χ0v) is 21.0. The van der Waals surface area contributed by atoms with E-state index < -0.39 is 35.5 Å². The molecule has 0 bridgehead atoms. The first-order chi connectivity index (χ1) is 17.3. The van der Waals surface area contributed by atoms with Crippen molar-refractivity contribution in [3.63, 3.8) is 0 Å². The van der Waals surface area contributed by atoms with E-state index >= 15 is 0 Å². The summed E-state index contributed by atoms with van der Waals surface area (Å²) in [5.41, 5.74) is -0.102. The number of allylic oxidation sites excluding steroid dienone is 1. The van der Waals surface area contributed by atoms with Crippen molar-refractivity contribution in [2.75, 3.05) is 32.7 Å². The SMILES string of the molecule is CC(=O)C1=C(C)N(c2cccc(C(F)(F)F)c2)C(=O)N(C)C1c1ccc(C#N)cc1C(=O)NCN(C)C. The molecule has 0 aliphatic carbocycles. The number of hydrogen-bond acceptors (Lipinski definition) is 5. The molecular formula is C26H26F3N5O3. The van der Waals surface area contributed by atoms with Crippen LogP contribution in [-0.2, 0) is 11.0 Å². The fraction of sp³-hybridized carbons (Fsp3) is 0.308. The predicted molar refractivity (Wildman–Crippen MR) is 130 cm³/mol. The molecular weight excluding hydrogens is 487 g/mol. The van der Waals surface area contributed by atoms with Gasteiger partial charge in [-0.05, 0) is 63.8 Å². The van der Waals surface area contributed by atoms with Crippen molar-refractivity contribution in [1.82, 2.24) is 15.1 Å². The number of likely N-dealkylation sites (N-methyl/N-ethyl adjacent to an activating group) is 1. The lowest BCUT2D eigenvalue weighted by Crippen LogP contribution is -2.49. The Morgan fingerprint density at radius 3 is 2.41 bits per heavy atom. The quantitative estimate of drug-likeness (QED) is 0.581. The first-order valence-electron chi connectivity index (χ1n) is 11.2. The fourth-order valence-electron chi connectivity index (χ4n) is 4.25. The maximum absolute atomic E-state index is 13.5. The summed E-state index contributed by atoms with van der Waals surface area (Å²) < 4.78 is 40.0. The van der Waals surface area contributed by atoms with Crippen molar-refractivity contribution < 1.29 is 27.6 Å². The molecule has 3 rings (SSSR count). The molecule has 194 valence electrons. The number of Topliss-reactive ketones (excluding diaryl/α,β-unsaturated/α-hetero) is 1. The van der Waals surface area contributed by atoms with Gasteiger partial charge < -0.3 is 10.2 Å². The number of nitrogens with zero attached hydrogens (tertiary/aromatic N) is 4. The standard InChI is InChI=1S/C26H26F3N5O3/c1-15-22(16(2)35)23(20-10-9-17(13-30)11-21(20)24(36)31-14-32(3)4)33(5)25(37)34(15)19-8-6-7-18(12-19)26(27,28)29/h6-12,23H,14H2,1-5H3,(H,31,36). The third-order valence-electron chi connectivity index (χ3n) is 5.97. The third-order valence-corrected chi connectivity index (χ3v) is 5.97. The van der Waals surface area contributed by atoms with Crippen LogP contribution in [0, 0.1) is 11.3 Å². The number of hydrogen-bond donors (Lipinski definition) is 1. The van der Waals surface area contributed by atoms with E-state index in [0.29, 0.717) is 5.56 Å². The number of carbonyl (C=O) groups excluding carboxylic acids is 3. The van der Waals surface area contributed by atoms with E-state index in [1.807, 2.05) is 6.07 Å². The molecule has 8 nitrogen and oxygen atoms in total. The highest BCUT2D eigenvalue weighted by Crippen LogP contribution is 2.41. The average Bonchev–Trinajstić information content (AvgIpc) is 2.83. The lowest BCUT2D eigenvalue weighted by Gasteiger charge is -2.41. The first kappa shape index (κ1) is 27.4.